The largest absolute Gasteiger partial charge is 0.454 e. The normalized spacial score (nSPS) is 13.6. The second kappa shape index (κ2) is 7.91. The molecule has 4 nitrogen and oxygen atoms in total. The molecule has 3 aromatic carbocycles. The van der Waals surface area contributed by atoms with Gasteiger partial charge in [-0.3, -0.25) is 14.5 Å². The van der Waals surface area contributed by atoms with Gasteiger partial charge < -0.3 is 4.74 Å². The summed E-state index contributed by atoms with van der Waals surface area (Å²) >= 11 is 0. The Morgan fingerprint density at radius 3 is 2.17 bits per heavy atom. The zero-order valence-corrected chi connectivity index (χ0v) is 16.1. The summed E-state index contributed by atoms with van der Waals surface area (Å²) in [6.45, 7) is 2.03. The summed E-state index contributed by atoms with van der Waals surface area (Å²) in [7, 11) is 0. The van der Waals surface area contributed by atoms with Crippen molar-refractivity contribution in [3.8, 4) is 11.5 Å². The monoisotopic (exact) mass is 405 g/mol. The van der Waals surface area contributed by atoms with Crippen LogP contribution in [0.15, 0.2) is 72.8 Å². The lowest BCUT2D eigenvalue weighted by Gasteiger charge is -2.12. The topological polar surface area (TPSA) is 46.6 Å². The summed E-state index contributed by atoms with van der Waals surface area (Å²) in [6, 6.07) is 16.8. The van der Waals surface area contributed by atoms with E-state index in [1.165, 1.54) is 11.0 Å². The van der Waals surface area contributed by atoms with Gasteiger partial charge in [-0.15, -0.1) is 0 Å². The van der Waals surface area contributed by atoms with Gasteiger partial charge in [0, 0.05) is 12.6 Å². The van der Waals surface area contributed by atoms with Crippen LogP contribution in [0.1, 0.15) is 33.2 Å². The molecule has 0 aromatic heterocycles. The summed E-state index contributed by atoms with van der Waals surface area (Å²) in [5, 5.41) is 0. The third-order valence-electron chi connectivity index (χ3n) is 4.89. The number of imide groups is 1. The van der Waals surface area contributed by atoms with E-state index in [-0.39, 0.29) is 24.1 Å². The van der Waals surface area contributed by atoms with Crippen LogP contribution in [-0.4, -0.2) is 23.3 Å². The molecule has 0 spiro atoms. The number of hydrogen-bond donors (Lipinski definition) is 0. The van der Waals surface area contributed by atoms with Gasteiger partial charge in [0.1, 0.15) is 11.6 Å². The van der Waals surface area contributed by atoms with Crippen molar-refractivity contribution in [1.29, 1.82) is 0 Å². The predicted molar refractivity (Wildman–Crippen MR) is 108 cm³/mol. The fourth-order valence-corrected chi connectivity index (χ4v) is 3.22. The van der Waals surface area contributed by atoms with Crippen LogP contribution in [0.5, 0.6) is 11.5 Å². The van der Waals surface area contributed by atoms with Gasteiger partial charge in [-0.1, -0.05) is 30.3 Å². The van der Waals surface area contributed by atoms with E-state index in [0.717, 1.165) is 23.3 Å². The van der Waals surface area contributed by atoms with E-state index in [2.05, 4.69) is 0 Å². The third kappa shape index (κ3) is 3.72. The molecule has 1 aliphatic rings. The molecule has 6 heteroatoms. The minimum atomic E-state index is -0.781. The highest BCUT2D eigenvalue weighted by Crippen LogP contribution is 2.27. The Hall–Kier alpha value is -3.80. The van der Waals surface area contributed by atoms with Crippen LogP contribution in [0.4, 0.5) is 8.78 Å². The number of ether oxygens (including phenoxy) is 1. The Morgan fingerprint density at radius 2 is 1.57 bits per heavy atom. The highest BCUT2D eigenvalue weighted by atomic mass is 19.1. The van der Waals surface area contributed by atoms with E-state index in [1.807, 2.05) is 6.92 Å². The fraction of sp³-hybridized carbons (Fsp3) is 0.0833. The zero-order valence-electron chi connectivity index (χ0n) is 16.1. The number of amides is 2. The average molecular weight is 405 g/mol. The molecule has 0 bridgehead atoms. The average Bonchev–Trinajstić information content (AvgIpc) is 2.99. The molecule has 3 aromatic rings. The smallest absolute Gasteiger partial charge is 0.261 e. The molecular weight excluding hydrogens is 388 g/mol. The van der Waals surface area contributed by atoms with Gasteiger partial charge in [0.25, 0.3) is 11.8 Å². The molecule has 1 aliphatic heterocycles. The molecule has 0 saturated carbocycles. The summed E-state index contributed by atoms with van der Waals surface area (Å²) in [5.41, 5.74) is 2.57. The van der Waals surface area contributed by atoms with Gasteiger partial charge in [0.15, 0.2) is 11.6 Å². The molecule has 4 rings (SSSR count). The van der Waals surface area contributed by atoms with Gasteiger partial charge in [-0.25, -0.2) is 8.78 Å². The van der Waals surface area contributed by atoms with E-state index in [0.29, 0.717) is 16.9 Å². The molecule has 30 heavy (non-hydrogen) atoms. The van der Waals surface area contributed by atoms with Crippen molar-refractivity contribution in [2.24, 2.45) is 0 Å². The maximum Gasteiger partial charge on any atom is 0.261 e. The van der Waals surface area contributed by atoms with Crippen molar-refractivity contribution < 1.29 is 23.1 Å². The lowest BCUT2D eigenvalue weighted by molar-refractivity contribution is 0.0672. The van der Waals surface area contributed by atoms with Crippen LogP contribution in [0.25, 0.3) is 5.57 Å². The number of allylic oxidation sites excluding steroid dienone is 1. The molecule has 0 unspecified atom stereocenters. The molecule has 1 heterocycles. The Labute approximate surface area is 172 Å². The number of benzene rings is 3. The first-order valence-electron chi connectivity index (χ1n) is 9.29. The maximum atomic E-state index is 13.7. The first-order valence-corrected chi connectivity index (χ1v) is 9.29. The Kier molecular flexibility index (Phi) is 5.14. The number of carbonyl (C=O) groups excluding carboxylic acids is 2. The van der Waals surface area contributed by atoms with E-state index < -0.39 is 11.6 Å². The lowest BCUT2D eigenvalue weighted by atomic mass is 10.1. The fourth-order valence-electron chi connectivity index (χ4n) is 3.22. The molecule has 0 fully saturated rings. The third-order valence-corrected chi connectivity index (χ3v) is 4.89. The van der Waals surface area contributed by atoms with Crippen molar-refractivity contribution in [3.63, 3.8) is 0 Å². The maximum absolute atomic E-state index is 13.7. The van der Waals surface area contributed by atoms with E-state index >= 15 is 0 Å². The van der Waals surface area contributed by atoms with Gasteiger partial charge >= 0.3 is 0 Å². The summed E-state index contributed by atoms with van der Waals surface area (Å²) in [5.74, 6) is -1.72. The zero-order chi connectivity index (χ0) is 21.3. The predicted octanol–water partition coefficient (Wildman–Crippen LogP) is 5.46. The van der Waals surface area contributed by atoms with Crippen molar-refractivity contribution in [3.05, 3.63) is 101 Å². The van der Waals surface area contributed by atoms with Crippen LogP contribution in [-0.2, 0) is 0 Å². The van der Waals surface area contributed by atoms with Crippen molar-refractivity contribution in [2.75, 3.05) is 6.54 Å². The van der Waals surface area contributed by atoms with Gasteiger partial charge in [-0.05, 0) is 54.5 Å². The van der Waals surface area contributed by atoms with Gasteiger partial charge in [-0.2, -0.15) is 0 Å². The molecule has 0 aliphatic carbocycles. The highest BCUT2D eigenvalue weighted by molar-refractivity contribution is 6.21. The Bertz CT molecular complexity index is 1130. The molecule has 150 valence electrons. The molecule has 0 saturated heterocycles. The van der Waals surface area contributed by atoms with Crippen LogP contribution in [0.3, 0.4) is 0 Å². The highest BCUT2D eigenvalue weighted by Gasteiger charge is 2.34. The molecule has 0 atom stereocenters. The summed E-state index contributed by atoms with van der Waals surface area (Å²) < 4.78 is 32.2. The first-order chi connectivity index (χ1) is 14.4. The Morgan fingerprint density at radius 1 is 0.933 bits per heavy atom. The number of rotatable bonds is 5. The van der Waals surface area contributed by atoms with Crippen molar-refractivity contribution in [2.45, 2.75) is 6.92 Å². The number of hydrogen-bond acceptors (Lipinski definition) is 3. The molecular formula is C24H17F2NO3. The minimum absolute atomic E-state index is 0.0676. The first kappa shape index (κ1) is 19.5. The molecule has 0 N–H and O–H groups in total. The summed E-state index contributed by atoms with van der Waals surface area (Å²) in [6.07, 6.45) is 1.80. The van der Waals surface area contributed by atoms with E-state index in [1.54, 1.807) is 54.6 Å². The number of halogens is 2. The van der Waals surface area contributed by atoms with E-state index in [4.69, 9.17) is 4.74 Å². The number of fused-ring (bicyclic) bond motifs is 1. The second-order valence-corrected chi connectivity index (χ2v) is 6.85. The standard InChI is InChI=1S/C24H17F2NO3/c1-15(12-13-27-23(28)19-4-2-3-5-20(19)24(27)29)16-6-9-18(10-7-16)30-22-11-8-17(25)14-21(22)26/h2-12,14H,13H2,1H3. The quantitative estimate of drug-likeness (QED) is 0.530. The van der Waals surface area contributed by atoms with Crippen LogP contribution in [0.2, 0.25) is 0 Å². The van der Waals surface area contributed by atoms with Crippen LogP contribution in [0, 0.1) is 11.6 Å². The van der Waals surface area contributed by atoms with Gasteiger partial charge in [0.05, 0.1) is 11.1 Å². The Balaban J connectivity index is 1.45. The minimum Gasteiger partial charge on any atom is -0.454 e. The SMILES string of the molecule is CC(=CCN1C(=O)c2ccccc2C1=O)c1ccc(Oc2ccc(F)cc2F)cc1. The van der Waals surface area contributed by atoms with Crippen molar-refractivity contribution >= 4 is 17.4 Å². The number of nitrogens with zero attached hydrogens (tertiary/aromatic N) is 1. The van der Waals surface area contributed by atoms with Crippen molar-refractivity contribution in [1.82, 2.24) is 4.90 Å². The lowest BCUT2D eigenvalue weighted by Crippen LogP contribution is -2.29. The van der Waals surface area contributed by atoms with E-state index in [9.17, 15) is 18.4 Å². The van der Waals surface area contributed by atoms with Gasteiger partial charge in [0.2, 0.25) is 0 Å². The molecule has 0 radical (unpaired) electrons. The number of carbonyl (C=O) groups is 2. The molecule has 2 amide bonds. The second-order valence-electron chi connectivity index (χ2n) is 6.85. The summed E-state index contributed by atoms with van der Waals surface area (Å²) in [4.78, 5) is 26.1. The van der Waals surface area contributed by atoms with Crippen LogP contribution >= 0.6 is 0 Å². The van der Waals surface area contributed by atoms with Crippen LogP contribution < -0.4 is 4.74 Å².